The molecule has 3 heteroatoms. The van der Waals surface area contributed by atoms with Crippen LogP contribution in [0.25, 0.3) is 0 Å². The van der Waals surface area contributed by atoms with Crippen molar-refractivity contribution >= 4 is 11.7 Å². The van der Waals surface area contributed by atoms with Gasteiger partial charge in [0.1, 0.15) is 0 Å². The van der Waals surface area contributed by atoms with Gasteiger partial charge < -0.3 is 4.90 Å². The number of amides is 1. The van der Waals surface area contributed by atoms with Gasteiger partial charge in [0.25, 0.3) is 0 Å². The third-order valence-electron chi connectivity index (χ3n) is 3.93. The summed E-state index contributed by atoms with van der Waals surface area (Å²) in [6, 6.07) is -0.237. The normalized spacial score (nSPS) is 18.7. The van der Waals surface area contributed by atoms with Gasteiger partial charge in [0, 0.05) is 13.0 Å². The number of rotatable bonds is 5. The van der Waals surface area contributed by atoms with Crippen LogP contribution in [-0.2, 0) is 9.59 Å². The Labute approximate surface area is 111 Å². The van der Waals surface area contributed by atoms with Gasteiger partial charge in [-0.1, -0.05) is 33.1 Å². The number of hydrogen-bond donors (Lipinski definition) is 0. The first-order chi connectivity index (χ1) is 8.43. The largest absolute Gasteiger partial charge is 0.335 e. The van der Waals surface area contributed by atoms with E-state index in [4.69, 9.17) is 0 Å². The molecule has 0 aliphatic heterocycles. The minimum atomic E-state index is -0.237. The Bertz CT molecular complexity index is 293. The number of hydrogen-bond acceptors (Lipinski definition) is 2. The summed E-state index contributed by atoms with van der Waals surface area (Å²) in [6.45, 7) is 5.78. The Balaban J connectivity index is 2.65. The van der Waals surface area contributed by atoms with Crippen LogP contribution in [0.2, 0.25) is 0 Å². The molecule has 1 amide bonds. The van der Waals surface area contributed by atoms with Crippen molar-refractivity contribution in [3.63, 3.8) is 0 Å². The molecule has 18 heavy (non-hydrogen) atoms. The standard InChI is InChI=1S/C15H27NO2/c1-11(2)10-14(12(3)17)16(4)15(18)13-8-6-5-7-9-13/h11,13-14H,5-10H2,1-4H3/t14-/m1/s1. The van der Waals surface area contributed by atoms with Crippen molar-refractivity contribution in [3.05, 3.63) is 0 Å². The van der Waals surface area contributed by atoms with Crippen molar-refractivity contribution in [1.82, 2.24) is 4.90 Å². The highest BCUT2D eigenvalue weighted by molar-refractivity contribution is 5.88. The van der Waals surface area contributed by atoms with Gasteiger partial charge in [0.2, 0.25) is 5.91 Å². The maximum Gasteiger partial charge on any atom is 0.226 e. The molecule has 1 rings (SSSR count). The molecule has 3 nitrogen and oxygen atoms in total. The second kappa shape index (κ2) is 6.91. The van der Waals surface area contributed by atoms with Crippen molar-refractivity contribution in [2.75, 3.05) is 7.05 Å². The van der Waals surface area contributed by atoms with Gasteiger partial charge in [-0.2, -0.15) is 0 Å². The highest BCUT2D eigenvalue weighted by Crippen LogP contribution is 2.26. The zero-order chi connectivity index (χ0) is 13.7. The summed E-state index contributed by atoms with van der Waals surface area (Å²) in [5.41, 5.74) is 0. The first-order valence-electron chi connectivity index (χ1n) is 7.20. The molecular formula is C15H27NO2. The Morgan fingerprint density at radius 1 is 1.17 bits per heavy atom. The van der Waals surface area contributed by atoms with Crippen LogP contribution in [0, 0.1) is 11.8 Å². The molecule has 1 saturated carbocycles. The van der Waals surface area contributed by atoms with Crippen molar-refractivity contribution in [2.45, 2.75) is 65.3 Å². The molecule has 0 aromatic rings. The van der Waals surface area contributed by atoms with Gasteiger partial charge in [-0.25, -0.2) is 0 Å². The lowest BCUT2D eigenvalue weighted by Gasteiger charge is -2.32. The molecule has 104 valence electrons. The second-order valence-electron chi connectivity index (χ2n) is 6.04. The van der Waals surface area contributed by atoms with Crippen molar-refractivity contribution < 1.29 is 9.59 Å². The van der Waals surface area contributed by atoms with E-state index in [0.29, 0.717) is 5.92 Å². The maximum atomic E-state index is 12.4. The molecule has 1 fully saturated rings. The van der Waals surface area contributed by atoms with Gasteiger partial charge in [-0.05, 0) is 32.1 Å². The third-order valence-corrected chi connectivity index (χ3v) is 3.93. The molecular weight excluding hydrogens is 226 g/mol. The monoisotopic (exact) mass is 253 g/mol. The van der Waals surface area contributed by atoms with Crippen LogP contribution < -0.4 is 0 Å². The minimum absolute atomic E-state index is 0.107. The van der Waals surface area contributed by atoms with Gasteiger partial charge in [-0.15, -0.1) is 0 Å². The first kappa shape index (κ1) is 15.2. The van der Waals surface area contributed by atoms with Crippen LogP contribution in [0.5, 0.6) is 0 Å². The molecule has 0 unspecified atom stereocenters. The molecule has 0 saturated heterocycles. The molecule has 0 aromatic carbocycles. The molecule has 0 radical (unpaired) electrons. The van der Waals surface area contributed by atoms with Gasteiger partial charge in [0.15, 0.2) is 5.78 Å². The topological polar surface area (TPSA) is 37.4 Å². The lowest BCUT2D eigenvalue weighted by atomic mass is 9.87. The zero-order valence-electron chi connectivity index (χ0n) is 12.2. The fourth-order valence-corrected chi connectivity index (χ4v) is 2.83. The summed E-state index contributed by atoms with van der Waals surface area (Å²) < 4.78 is 0. The fourth-order valence-electron chi connectivity index (χ4n) is 2.83. The fraction of sp³-hybridized carbons (Fsp3) is 0.867. The molecule has 1 aliphatic rings. The van der Waals surface area contributed by atoms with Gasteiger partial charge >= 0.3 is 0 Å². The number of nitrogens with zero attached hydrogens (tertiary/aromatic N) is 1. The summed E-state index contributed by atoms with van der Waals surface area (Å²) in [4.78, 5) is 25.8. The SMILES string of the molecule is CC(=O)[C@@H](CC(C)C)N(C)C(=O)C1CCCCC1. The van der Waals surface area contributed by atoms with E-state index >= 15 is 0 Å². The van der Waals surface area contributed by atoms with Crippen molar-refractivity contribution in [1.29, 1.82) is 0 Å². The number of ketones is 1. The van der Waals surface area contributed by atoms with E-state index in [1.54, 1.807) is 18.9 Å². The van der Waals surface area contributed by atoms with Gasteiger partial charge in [0.05, 0.1) is 6.04 Å². The molecule has 0 aromatic heterocycles. The molecule has 1 aliphatic carbocycles. The van der Waals surface area contributed by atoms with E-state index in [1.807, 2.05) is 0 Å². The average molecular weight is 253 g/mol. The van der Waals surface area contributed by atoms with Crippen LogP contribution in [0.1, 0.15) is 59.3 Å². The van der Waals surface area contributed by atoms with E-state index in [-0.39, 0.29) is 23.7 Å². The second-order valence-corrected chi connectivity index (χ2v) is 6.04. The Morgan fingerprint density at radius 2 is 1.72 bits per heavy atom. The summed E-state index contributed by atoms with van der Waals surface area (Å²) in [7, 11) is 1.80. The minimum Gasteiger partial charge on any atom is -0.335 e. The van der Waals surface area contributed by atoms with E-state index in [0.717, 1.165) is 32.1 Å². The molecule has 0 spiro atoms. The Morgan fingerprint density at radius 3 is 2.17 bits per heavy atom. The first-order valence-corrected chi connectivity index (χ1v) is 7.20. The Kier molecular flexibility index (Phi) is 5.83. The van der Waals surface area contributed by atoms with Crippen LogP contribution in [0.4, 0.5) is 0 Å². The van der Waals surface area contributed by atoms with Crippen LogP contribution in [-0.4, -0.2) is 29.7 Å². The highest BCUT2D eigenvalue weighted by atomic mass is 16.2. The Hall–Kier alpha value is -0.860. The molecule has 0 bridgehead atoms. The van der Waals surface area contributed by atoms with Gasteiger partial charge in [-0.3, -0.25) is 9.59 Å². The van der Waals surface area contributed by atoms with Crippen molar-refractivity contribution in [2.24, 2.45) is 11.8 Å². The average Bonchev–Trinajstić information content (AvgIpc) is 2.34. The summed E-state index contributed by atoms with van der Waals surface area (Å²) >= 11 is 0. The zero-order valence-corrected chi connectivity index (χ0v) is 12.2. The quantitative estimate of drug-likeness (QED) is 0.755. The predicted molar refractivity (Wildman–Crippen MR) is 73.3 cm³/mol. The predicted octanol–water partition coefficient (Wildman–Crippen LogP) is 3.03. The molecule has 0 heterocycles. The summed E-state index contributed by atoms with van der Waals surface area (Å²) in [5, 5.41) is 0. The van der Waals surface area contributed by atoms with E-state index < -0.39 is 0 Å². The van der Waals surface area contributed by atoms with E-state index in [9.17, 15) is 9.59 Å². The smallest absolute Gasteiger partial charge is 0.226 e. The number of likely N-dealkylation sites (N-methyl/N-ethyl adjacent to an activating group) is 1. The number of Topliss-reactive ketones (excluding diaryl/α,β-unsaturated/α-hetero) is 1. The summed E-state index contributed by atoms with van der Waals surface area (Å²) in [5.74, 6) is 0.865. The number of carbonyl (C=O) groups excluding carboxylic acids is 2. The summed E-state index contributed by atoms with van der Waals surface area (Å²) in [6.07, 6.45) is 6.31. The van der Waals surface area contributed by atoms with E-state index in [1.165, 1.54) is 6.42 Å². The molecule has 1 atom stereocenters. The third kappa shape index (κ3) is 4.11. The molecule has 0 N–H and O–H groups in total. The number of carbonyl (C=O) groups is 2. The van der Waals surface area contributed by atoms with Crippen LogP contribution >= 0.6 is 0 Å². The lowest BCUT2D eigenvalue weighted by molar-refractivity contribution is -0.142. The van der Waals surface area contributed by atoms with Crippen LogP contribution in [0.15, 0.2) is 0 Å². The maximum absolute atomic E-state index is 12.4. The lowest BCUT2D eigenvalue weighted by Crippen LogP contribution is -2.45. The van der Waals surface area contributed by atoms with Crippen LogP contribution in [0.3, 0.4) is 0 Å². The highest BCUT2D eigenvalue weighted by Gasteiger charge is 2.30. The van der Waals surface area contributed by atoms with Crippen molar-refractivity contribution in [3.8, 4) is 0 Å². The van der Waals surface area contributed by atoms with E-state index in [2.05, 4.69) is 13.8 Å².